The number of rotatable bonds is 4. The monoisotopic (exact) mass is 370 g/mol. The largest absolute Gasteiger partial charge is 0.366 e. The summed E-state index contributed by atoms with van der Waals surface area (Å²) in [5.74, 6) is 0.0526. The van der Waals surface area contributed by atoms with Gasteiger partial charge in [0.05, 0.1) is 5.52 Å². The molecule has 28 heavy (non-hydrogen) atoms. The Kier molecular flexibility index (Phi) is 4.46. The van der Waals surface area contributed by atoms with Crippen LogP contribution < -0.4 is 5.73 Å². The van der Waals surface area contributed by atoms with Crippen molar-refractivity contribution in [2.75, 3.05) is 0 Å². The van der Waals surface area contributed by atoms with Gasteiger partial charge in [0.25, 0.3) is 0 Å². The molecule has 0 atom stereocenters. The standard InChI is InChI=1S/C25H26N2O/c1-15(2)19-10-11-20-23(13-19)27(14-18-9-8-16(3)17(4)12-18)22-7-5-6-21(24(20)22)25(26)28/h5-13,15H,14H2,1-4H3,(H2,26,28). The van der Waals surface area contributed by atoms with Gasteiger partial charge in [-0.05, 0) is 60.2 Å². The average molecular weight is 370 g/mol. The molecular weight excluding hydrogens is 344 g/mol. The van der Waals surface area contributed by atoms with Crippen molar-refractivity contribution in [1.82, 2.24) is 4.57 Å². The third-order valence-electron chi connectivity index (χ3n) is 5.76. The quantitative estimate of drug-likeness (QED) is 0.493. The second kappa shape index (κ2) is 6.83. The van der Waals surface area contributed by atoms with E-state index in [1.54, 1.807) is 0 Å². The first-order valence-electron chi connectivity index (χ1n) is 9.77. The van der Waals surface area contributed by atoms with Gasteiger partial charge in [-0.1, -0.05) is 50.2 Å². The molecule has 0 fully saturated rings. The number of primary amides is 1. The molecule has 3 nitrogen and oxygen atoms in total. The zero-order chi connectivity index (χ0) is 20.0. The van der Waals surface area contributed by atoms with Crippen molar-refractivity contribution in [3.05, 3.63) is 82.4 Å². The van der Waals surface area contributed by atoms with Crippen LogP contribution in [0.15, 0.2) is 54.6 Å². The molecule has 0 unspecified atom stereocenters. The van der Waals surface area contributed by atoms with Crippen molar-refractivity contribution < 1.29 is 4.79 Å². The molecule has 2 N–H and O–H groups in total. The number of carbonyl (C=O) groups excluding carboxylic acids is 1. The second-order valence-corrected chi connectivity index (χ2v) is 8.00. The van der Waals surface area contributed by atoms with Gasteiger partial charge in [0, 0.05) is 28.4 Å². The van der Waals surface area contributed by atoms with Gasteiger partial charge in [0.2, 0.25) is 5.91 Å². The molecule has 0 saturated carbocycles. The Morgan fingerprint density at radius 1 is 0.964 bits per heavy atom. The highest BCUT2D eigenvalue weighted by molar-refractivity contribution is 6.18. The molecule has 4 aromatic rings. The predicted molar refractivity (Wildman–Crippen MR) is 117 cm³/mol. The summed E-state index contributed by atoms with van der Waals surface area (Å²) in [5.41, 5.74) is 13.6. The van der Waals surface area contributed by atoms with Gasteiger partial charge in [-0.15, -0.1) is 0 Å². The van der Waals surface area contributed by atoms with E-state index in [1.807, 2.05) is 12.1 Å². The van der Waals surface area contributed by atoms with E-state index in [9.17, 15) is 4.79 Å². The number of nitrogens with zero attached hydrogens (tertiary/aromatic N) is 1. The Morgan fingerprint density at radius 2 is 1.75 bits per heavy atom. The minimum Gasteiger partial charge on any atom is -0.366 e. The van der Waals surface area contributed by atoms with E-state index in [4.69, 9.17) is 5.73 Å². The van der Waals surface area contributed by atoms with Gasteiger partial charge >= 0.3 is 0 Å². The van der Waals surface area contributed by atoms with Gasteiger partial charge in [-0.25, -0.2) is 0 Å². The van der Waals surface area contributed by atoms with Crippen LogP contribution in [0.5, 0.6) is 0 Å². The van der Waals surface area contributed by atoms with E-state index in [-0.39, 0.29) is 5.91 Å². The van der Waals surface area contributed by atoms with Crippen molar-refractivity contribution in [2.24, 2.45) is 5.73 Å². The molecular formula is C25H26N2O. The fourth-order valence-electron chi connectivity index (χ4n) is 3.98. The molecule has 0 spiro atoms. The summed E-state index contributed by atoms with van der Waals surface area (Å²) in [6.45, 7) is 9.43. The van der Waals surface area contributed by atoms with Gasteiger partial charge in [-0.2, -0.15) is 0 Å². The molecule has 3 heteroatoms. The fourth-order valence-corrected chi connectivity index (χ4v) is 3.98. The maximum atomic E-state index is 12.1. The van der Waals surface area contributed by atoms with Gasteiger partial charge in [0.1, 0.15) is 0 Å². The van der Waals surface area contributed by atoms with Gasteiger partial charge in [-0.3, -0.25) is 4.79 Å². The van der Waals surface area contributed by atoms with Gasteiger partial charge in [0.15, 0.2) is 0 Å². The third-order valence-corrected chi connectivity index (χ3v) is 5.76. The molecule has 1 heterocycles. The summed E-state index contributed by atoms with van der Waals surface area (Å²) >= 11 is 0. The SMILES string of the molecule is Cc1ccc(Cn2c3cc(C(C)C)ccc3c3c(C(N)=O)cccc32)cc1C. The maximum absolute atomic E-state index is 12.1. The van der Waals surface area contributed by atoms with Crippen molar-refractivity contribution in [3.63, 3.8) is 0 Å². The molecule has 0 aliphatic carbocycles. The molecule has 142 valence electrons. The normalized spacial score (nSPS) is 11.6. The van der Waals surface area contributed by atoms with E-state index in [0.29, 0.717) is 11.5 Å². The topological polar surface area (TPSA) is 48.0 Å². The van der Waals surface area contributed by atoms with E-state index >= 15 is 0 Å². The lowest BCUT2D eigenvalue weighted by Gasteiger charge is -2.11. The number of hydrogen-bond acceptors (Lipinski definition) is 1. The number of aromatic nitrogens is 1. The van der Waals surface area contributed by atoms with E-state index in [1.165, 1.54) is 22.3 Å². The van der Waals surface area contributed by atoms with Crippen LogP contribution in [0.2, 0.25) is 0 Å². The van der Waals surface area contributed by atoms with E-state index < -0.39 is 0 Å². The van der Waals surface area contributed by atoms with Crippen LogP contribution in [-0.2, 0) is 6.54 Å². The lowest BCUT2D eigenvalue weighted by atomic mass is 10.00. The Labute approximate surface area is 165 Å². The van der Waals surface area contributed by atoms with Crippen LogP contribution in [0.3, 0.4) is 0 Å². The summed E-state index contributed by atoms with van der Waals surface area (Å²) in [5, 5.41) is 2.03. The van der Waals surface area contributed by atoms with E-state index in [0.717, 1.165) is 28.4 Å². The number of aryl methyl sites for hydroxylation is 2. The second-order valence-electron chi connectivity index (χ2n) is 8.00. The van der Waals surface area contributed by atoms with Crippen molar-refractivity contribution in [3.8, 4) is 0 Å². The Bertz CT molecular complexity index is 1210. The summed E-state index contributed by atoms with van der Waals surface area (Å²) in [7, 11) is 0. The molecule has 1 aromatic heterocycles. The molecule has 4 rings (SSSR count). The first-order valence-corrected chi connectivity index (χ1v) is 9.77. The number of hydrogen-bond donors (Lipinski definition) is 1. The van der Waals surface area contributed by atoms with Crippen LogP contribution in [0, 0.1) is 13.8 Å². The number of carbonyl (C=O) groups is 1. The zero-order valence-corrected chi connectivity index (χ0v) is 16.9. The third kappa shape index (κ3) is 2.97. The van der Waals surface area contributed by atoms with Crippen LogP contribution in [0.4, 0.5) is 0 Å². The highest BCUT2D eigenvalue weighted by atomic mass is 16.1. The average Bonchev–Trinajstić information content (AvgIpc) is 2.98. The summed E-state index contributed by atoms with van der Waals surface area (Å²) in [4.78, 5) is 12.1. The molecule has 3 aromatic carbocycles. The number of fused-ring (bicyclic) bond motifs is 3. The predicted octanol–water partition coefficient (Wildman–Crippen LogP) is 5.68. The molecule has 1 amide bonds. The minimum absolute atomic E-state index is 0.385. The van der Waals surface area contributed by atoms with Crippen molar-refractivity contribution >= 4 is 27.7 Å². The minimum atomic E-state index is -0.385. The number of amides is 1. The molecule has 0 saturated heterocycles. The number of nitrogens with two attached hydrogens (primary N) is 1. The first kappa shape index (κ1) is 18.3. The summed E-state index contributed by atoms with van der Waals surface area (Å²) in [6, 6.07) is 19.0. The Hall–Kier alpha value is -3.07. The lowest BCUT2D eigenvalue weighted by molar-refractivity contribution is 0.100. The van der Waals surface area contributed by atoms with Gasteiger partial charge < -0.3 is 10.3 Å². The smallest absolute Gasteiger partial charge is 0.249 e. The molecule has 0 bridgehead atoms. The van der Waals surface area contributed by atoms with Crippen LogP contribution in [0.1, 0.15) is 52.4 Å². The number of benzene rings is 3. The van der Waals surface area contributed by atoms with Crippen molar-refractivity contribution in [1.29, 1.82) is 0 Å². The van der Waals surface area contributed by atoms with Crippen molar-refractivity contribution in [2.45, 2.75) is 40.2 Å². The molecule has 0 aliphatic rings. The maximum Gasteiger partial charge on any atom is 0.249 e. The summed E-state index contributed by atoms with van der Waals surface area (Å²) < 4.78 is 2.31. The highest BCUT2D eigenvalue weighted by Crippen LogP contribution is 2.34. The lowest BCUT2D eigenvalue weighted by Crippen LogP contribution is -2.11. The molecule has 0 aliphatic heterocycles. The molecule has 0 radical (unpaired) electrons. The highest BCUT2D eigenvalue weighted by Gasteiger charge is 2.17. The van der Waals surface area contributed by atoms with Crippen LogP contribution in [-0.4, -0.2) is 10.5 Å². The summed E-state index contributed by atoms with van der Waals surface area (Å²) in [6.07, 6.45) is 0. The van der Waals surface area contributed by atoms with E-state index in [2.05, 4.69) is 74.7 Å². The fraction of sp³-hybridized carbons (Fsp3) is 0.240. The van der Waals surface area contributed by atoms with Crippen LogP contribution in [0.25, 0.3) is 21.8 Å². The first-order chi connectivity index (χ1) is 13.4. The van der Waals surface area contributed by atoms with Crippen LogP contribution >= 0.6 is 0 Å². The Balaban J connectivity index is 2.03. The zero-order valence-electron chi connectivity index (χ0n) is 16.9. The Morgan fingerprint density at radius 3 is 2.43 bits per heavy atom.